The topological polar surface area (TPSA) is 21.6 Å². The van der Waals surface area contributed by atoms with Gasteiger partial charge >= 0.3 is 0 Å². The molecule has 2 nitrogen and oxygen atoms in total. The molecule has 1 rings (SSSR count). The first-order valence-corrected chi connectivity index (χ1v) is 10.4. The molecule has 0 aromatic heterocycles. The molecule has 3 heteroatoms. The Morgan fingerprint density at radius 3 is 2.50 bits per heavy atom. The predicted molar refractivity (Wildman–Crippen MR) is 91.5 cm³/mol. The van der Waals surface area contributed by atoms with E-state index in [4.69, 9.17) is 4.84 Å². The molecule has 0 unspecified atom stereocenters. The minimum absolute atomic E-state index is 0.554. The van der Waals surface area contributed by atoms with E-state index in [1.807, 2.05) is 0 Å². The Labute approximate surface area is 124 Å². The lowest BCUT2D eigenvalue weighted by molar-refractivity contribution is 0.211. The van der Waals surface area contributed by atoms with Gasteiger partial charge in [0.25, 0.3) is 0 Å². The van der Waals surface area contributed by atoms with E-state index in [0.29, 0.717) is 5.54 Å². The molecule has 0 aliphatic heterocycles. The fourth-order valence-corrected chi connectivity index (χ4v) is 5.53. The standard InChI is InChI=1S/C17H27NOSi/c1-6-15(18-19-3)13-14-16(7-2)20(4,5)17-11-9-8-10-12-17/h7-12,16H,2,6,13-14H2,1,3-5H3/b18-15+/t16-/m1/s1. The van der Waals surface area contributed by atoms with Gasteiger partial charge < -0.3 is 4.84 Å². The summed E-state index contributed by atoms with van der Waals surface area (Å²) in [6.45, 7) is 11.0. The number of hydrogen-bond acceptors (Lipinski definition) is 2. The third-order valence-electron chi connectivity index (χ3n) is 4.10. The number of oxime groups is 1. The van der Waals surface area contributed by atoms with Crippen molar-refractivity contribution in [1.29, 1.82) is 0 Å². The quantitative estimate of drug-likeness (QED) is 0.302. The summed E-state index contributed by atoms with van der Waals surface area (Å²) >= 11 is 0. The summed E-state index contributed by atoms with van der Waals surface area (Å²) < 4.78 is 0. The van der Waals surface area contributed by atoms with Gasteiger partial charge in [-0.25, -0.2) is 0 Å². The van der Waals surface area contributed by atoms with Crippen molar-refractivity contribution >= 4 is 19.0 Å². The van der Waals surface area contributed by atoms with Crippen LogP contribution in [0.1, 0.15) is 26.2 Å². The van der Waals surface area contributed by atoms with Gasteiger partial charge in [-0.3, -0.25) is 0 Å². The predicted octanol–water partition coefficient (Wildman–Crippen LogP) is 4.35. The van der Waals surface area contributed by atoms with Crippen LogP contribution in [0.4, 0.5) is 0 Å². The molecule has 0 aliphatic carbocycles. The summed E-state index contributed by atoms with van der Waals surface area (Å²) in [4.78, 5) is 4.90. The van der Waals surface area contributed by atoms with Crippen molar-refractivity contribution in [3.05, 3.63) is 43.0 Å². The molecule has 20 heavy (non-hydrogen) atoms. The van der Waals surface area contributed by atoms with Crippen LogP contribution in [0.2, 0.25) is 18.6 Å². The molecule has 0 fully saturated rings. The Hall–Kier alpha value is -1.35. The number of nitrogens with zero attached hydrogens (tertiary/aromatic N) is 1. The van der Waals surface area contributed by atoms with Crippen LogP contribution in [0.25, 0.3) is 0 Å². The molecule has 110 valence electrons. The first kappa shape index (κ1) is 16.7. The summed E-state index contributed by atoms with van der Waals surface area (Å²) in [5, 5.41) is 5.59. The van der Waals surface area contributed by atoms with Gasteiger partial charge in [-0.2, -0.15) is 0 Å². The lowest BCUT2D eigenvalue weighted by atomic mass is 10.1. The average molecular weight is 289 g/mol. The molecule has 0 heterocycles. The number of allylic oxidation sites excluding steroid dienone is 1. The van der Waals surface area contributed by atoms with Crippen molar-refractivity contribution in [3.8, 4) is 0 Å². The van der Waals surface area contributed by atoms with E-state index < -0.39 is 8.07 Å². The van der Waals surface area contributed by atoms with Crippen molar-refractivity contribution in [1.82, 2.24) is 0 Å². The molecule has 0 aliphatic rings. The van der Waals surface area contributed by atoms with Crippen LogP contribution in [0, 0.1) is 0 Å². The molecule has 0 saturated carbocycles. The van der Waals surface area contributed by atoms with E-state index in [9.17, 15) is 0 Å². The third kappa shape index (κ3) is 4.34. The van der Waals surface area contributed by atoms with Gasteiger partial charge in [0.1, 0.15) is 7.11 Å². The Balaban J connectivity index is 2.80. The van der Waals surface area contributed by atoms with Crippen LogP contribution in [0.5, 0.6) is 0 Å². The monoisotopic (exact) mass is 289 g/mol. The first-order chi connectivity index (χ1) is 9.56. The van der Waals surface area contributed by atoms with Gasteiger partial charge in [-0.15, -0.1) is 6.58 Å². The fraction of sp³-hybridized carbons (Fsp3) is 0.471. The van der Waals surface area contributed by atoms with Gasteiger partial charge in [0, 0.05) is 0 Å². The zero-order valence-electron chi connectivity index (χ0n) is 13.2. The molecule has 1 aromatic carbocycles. The number of rotatable bonds is 8. The summed E-state index contributed by atoms with van der Waals surface area (Å²) in [5.74, 6) is 0. The van der Waals surface area contributed by atoms with Crippen molar-refractivity contribution in [3.63, 3.8) is 0 Å². The van der Waals surface area contributed by atoms with Crippen LogP contribution in [-0.2, 0) is 4.84 Å². The Bertz CT molecular complexity index is 440. The highest BCUT2D eigenvalue weighted by Gasteiger charge is 2.31. The maximum absolute atomic E-state index is 4.90. The molecule has 0 amide bonds. The lowest BCUT2D eigenvalue weighted by Crippen LogP contribution is -2.45. The second-order valence-corrected chi connectivity index (χ2v) is 10.4. The fourth-order valence-electron chi connectivity index (χ4n) is 2.59. The van der Waals surface area contributed by atoms with Gasteiger partial charge in [-0.05, 0) is 24.8 Å². The van der Waals surface area contributed by atoms with Gasteiger partial charge in [0.05, 0.1) is 13.8 Å². The molecule has 1 aromatic rings. The SMILES string of the molecule is C=C[C@H](CC/C(CC)=N/OC)[Si](C)(C)c1ccccc1. The normalized spacial score (nSPS) is 13.9. The van der Waals surface area contributed by atoms with Crippen LogP contribution >= 0.6 is 0 Å². The Morgan fingerprint density at radius 1 is 1.35 bits per heavy atom. The molecule has 0 bridgehead atoms. The van der Waals surface area contributed by atoms with E-state index in [1.165, 1.54) is 5.19 Å². The average Bonchev–Trinajstić information content (AvgIpc) is 2.47. The summed E-state index contributed by atoms with van der Waals surface area (Å²) in [6.07, 6.45) is 5.18. The molecule has 1 atom stereocenters. The largest absolute Gasteiger partial charge is 0.399 e. The van der Waals surface area contributed by atoms with E-state index in [0.717, 1.165) is 25.0 Å². The Kier molecular flexibility index (Phi) is 6.72. The van der Waals surface area contributed by atoms with Crippen molar-refractivity contribution in [2.45, 2.75) is 44.8 Å². The summed E-state index contributed by atoms with van der Waals surface area (Å²) in [6, 6.07) is 10.9. The highest BCUT2D eigenvalue weighted by Crippen LogP contribution is 2.28. The highest BCUT2D eigenvalue weighted by molar-refractivity contribution is 6.91. The summed E-state index contributed by atoms with van der Waals surface area (Å²) in [5.41, 5.74) is 1.69. The van der Waals surface area contributed by atoms with Gasteiger partial charge in [-0.1, -0.05) is 66.8 Å². The van der Waals surface area contributed by atoms with E-state index in [2.05, 4.69) is 68.2 Å². The van der Waals surface area contributed by atoms with Crippen molar-refractivity contribution < 1.29 is 4.84 Å². The maximum atomic E-state index is 4.90. The Morgan fingerprint density at radius 2 is 2.00 bits per heavy atom. The lowest BCUT2D eigenvalue weighted by Gasteiger charge is -2.31. The second-order valence-electron chi connectivity index (χ2n) is 5.66. The van der Waals surface area contributed by atoms with Crippen molar-refractivity contribution in [2.75, 3.05) is 7.11 Å². The smallest absolute Gasteiger partial charge is 0.106 e. The second kappa shape index (κ2) is 8.05. The minimum atomic E-state index is -1.53. The molecule has 0 N–H and O–H groups in total. The zero-order valence-corrected chi connectivity index (χ0v) is 14.2. The highest BCUT2D eigenvalue weighted by atomic mass is 28.3. The van der Waals surface area contributed by atoms with E-state index in [1.54, 1.807) is 7.11 Å². The number of benzene rings is 1. The zero-order chi connectivity index (χ0) is 15.0. The third-order valence-corrected chi connectivity index (χ3v) is 8.30. The molecular formula is C17H27NOSi. The molecule has 0 radical (unpaired) electrons. The van der Waals surface area contributed by atoms with Crippen LogP contribution in [0.15, 0.2) is 48.1 Å². The number of hydrogen-bond donors (Lipinski definition) is 0. The van der Waals surface area contributed by atoms with Crippen LogP contribution in [-0.4, -0.2) is 20.9 Å². The van der Waals surface area contributed by atoms with Gasteiger partial charge in [0.2, 0.25) is 0 Å². The van der Waals surface area contributed by atoms with Crippen molar-refractivity contribution in [2.24, 2.45) is 5.16 Å². The summed E-state index contributed by atoms with van der Waals surface area (Å²) in [7, 11) is 0.0891. The van der Waals surface area contributed by atoms with Gasteiger partial charge in [0.15, 0.2) is 0 Å². The van der Waals surface area contributed by atoms with Crippen LogP contribution in [0.3, 0.4) is 0 Å². The molecular weight excluding hydrogens is 262 g/mol. The van der Waals surface area contributed by atoms with Crippen LogP contribution < -0.4 is 5.19 Å². The molecule has 0 spiro atoms. The molecule has 0 saturated heterocycles. The minimum Gasteiger partial charge on any atom is -0.399 e. The van der Waals surface area contributed by atoms with E-state index >= 15 is 0 Å². The maximum Gasteiger partial charge on any atom is 0.106 e. The van der Waals surface area contributed by atoms with E-state index in [-0.39, 0.29) is 0 Å². The first-order valence-electron chi connectivity index (χ1n) is 7.33.